The number of aromatic nitrogens is 8. The smallest absolute Gasteiger partial charge is 0.294 e. The third-order valence-electron chi connectivity index (χ3n) is 27.5. The van der Waals surface area contributed by atoms with Crippen molar-refractivity contribution in [2.45, 2.75) is 117 Å². The van der Waals surface area contributed by atoms with Crippen LogP contribution in [0.4, 0.5) is 5.69 Å². The zero-order valence-corrected chi connectivity index (χ0v) is 88.2. The quantitative estimate of drug-likeness (QED) is 0.0458. The molecule has 2 radical (unpaired) electrons. The van der Waals surface area contributed by atoms with Gasteiger partial charge in [-0.1, -0.05) is 294 Å². The minimum absolute atomic E-state index is 0. The van der Waals surface area contributed by atoms with Crippen molar-refractivity contribution >= 4 is 88.3 Å². The zero-order chi connectivity index (χ0) is 99.3. The van der Waals surface area contributed by atoms with Gasteiger partial charge in [-0.05, 0) is 166 Å². The number of anilines is 1. The Morgan fingerprint density at radius 3 is 1.87 bits per heavy atom. The number of aliphatic imine (C=N–C) groups is 1. The molecule has 16 nitrogen and oxygen atoms in total. The summed E-state index contributed by atoms with van der Waals surface area (Å²) in [7, 11) is 2.13. The van der Waals surface area contributed by atoms with Crippen molar-refractivity contribution in [1.82, 2.24) is 39.2 Å². The number of allylic oxidation sites excluding steroid dienone is 5. The number of aliphatic hydroxyl groups is 1. The summed E-state index contributed by atoms with van der Waals surface area (Å²) in [5, 5.41) is 22.2. The summed E-state index contributed by atoms with van der Waals surface area (Å²) in [6.45, 7) is 22.2. The number of ether oxygens (including phenoxy) is 1. The predicted octanol–water partition coefficient (Wildman–Crippen LogP) is 28.6. The number of carbonyl (C=O) groups is 1. The average molecular weight is 2280 g/mol. The summed E-state index contributed by atoms with van der Waals surface area (Å²) in [5.74, 6) is 4.73. The predicted molar refractivity (Wildman–Crippen MR) is 587 cm³/mol. The van der Waals surface area contributed by atoms with E-state index in [1.54, 1.807) is 12.4 Å². The Balaban J connectivity index is 0.000000108. The molecule has 0 fully saturated rings. The second-order valence-corrected chi connectivity index (χ2v) is 38.1. The maximum Gasteiger partial charge on any atom is 0.294 e. The van der Waals surface area contributed by atoms with Gasteiger partial charge in [0.25, 0.3) is 11.3 Å². The number of para-hydroxylation sites is 3. The molecule has 0 spiro atoms. The molecular formula is C129H111Ir2N12O4-. The number of nitrogens with zero attached hydrogens (tertiary/aromatic N) is 12. The standard InChI is InChI=1S/C27H18N.C22H25N2.C18H16N3.C17H14N2O.C15H10NO.C14H12N2.C11H8N.C5H8O2.2Ir/c1-4-10-20(11-5-1)23-16-17-26-25(18-23)24(21-12-6-2-7-13-21)19-27(28-26)22-14-8-3-9-15-22;1-15(2)18-10-7-11-19(16(3)4)21(18)24-13-12-23-14-17-8-5-6-9-20(17)22(23)24;1-11(2)21-19-17-15-8-4-3-7-13(15)14-9-5-6-12-10-20(21)18(17)16(12)14;1-18-8-9-19-15(18)10-11-6-7-13-12-4-2-3-5-14(12)20-17(13)16(11)19;1-11-13(14-7-4-5-9-16-14)10-12-6-2-3-8-15(12)17-11;1-2-6-11-10(5-1)9-12-14(11)15-13-7-3-4-8-16(12)13;1-2-6-10(7-3-1)11-8-4-5-9-12-11;1-4(6)3-5(2)7;;/h1-14,16-19H;5-13,15-16H,14H2,1-4H3;3-9,11H,10H2,1-2H3;2-9,15H,10H2,1H3;2-9H,1H2;1-8,12,14H,9H2;1-6,8-9H;3,6H,1-2H3;;/q-1;2*+1;;-1;;-1;;;. The van der Waals surface area contributed by atoms with Crippen LogP contribution in [0.25, 0.3) is 133 Å². The fourth-order valence-electron chi connectivity index (χ4n) is 20.7. The van der Waals surface area contributed by atoms with E-state index in [4.69, 9.17) is 29.3 Å². The molecular weight excluding hydrogens is 2170 g/mol. The maximum absolute atomic E-state index is 10.0. The number of rotatable bonds is 10. The minimum Gasteiger partial charge on any atom is -0.527 e. The Hall–Kier alpha value is -16.2. The van der Waals surface area contributed by atoms with Gasteiger partial charge in [0, 0.05) is 151 Å². The molecule has 3 unspecified atom stereocenters. The van der Waals surface area contributed by atoms with Gasteiger partial charge in [0.2, 0.25) is 5.52 Å². The Bertz CT molecular complexity index is 8390. The van der Waals surface area contributed by atoms with Crippen molar-refractivity contribution in [2.75, 3.05) is 11.9 Å². The molecule has 18 heteroatoms. The normalized spacial score (nSPS) is 14.9. The van der Waals surface area contributed by atoms with Crippen LogP contribution in [0.5, 0.6) is 5.75 Å². The van der Waals surface area contributed by atoms with E-state index in [1.807, 2.05) is 127 Å². The summed E-state index contributed by atoms with van der Waals surface area (Å²) in [6.07, 6.45) is 27.7. The monoisotopic (exact) mass is 2280 g/mol. The fourth-order valence-corrected chi connectivity index (χ4v) is 20.7. The molecule has 14 aromatic carbocycles. The molecule has 730 valence electrons. The Labute approximate surface area is 885 Å². The van der Waals surface area contributed by atoms with E-state index in [1.165, 1.54) is 142 Å². The SMILES string of the molecule is C1=CC2=NC3c4ccccc4CC3N2C=C1.C=C1Oc2ccccc2[C-]=C1c1ccccn1.CC(=O)C=C(C)O.CC(C)c1cccc(C(C)C)c1-n1cc[n+]2c1-c1ccccc1C2.CC(C)n1nc2c3ccccc3c3cccc4c3c2[n+]1C4.CN1C=CN2c3c(ccc4c3oc3ccccc34)CC12.[Ir].[Ir].[c-]1ccccc1-c1cc(-c2ccccc2)c2cc(-c3ccccc3)ccc2n1.[c-]1ccccc1-c1ccccn1. The minimum atomic E-state index is -0.125. The van der Waals surface area contributed by atoms with E-state index in [0.29, 0.717) is 41.9 Å². The topological polar surface area (TPSA) is 151 Å². The summed E-state index contributed by atoms with van der Waals surface area (Å²) >= 11 is 0. The van der Waals surface area contributed by atoms with Crippen LogP contribution >= 0.6 is 0 Å². The van der Waals surface area contributed by atoms with E-state index in [2.05, 4.69) is 378 Å². The number of furan rings is 1. The van der Waals surface area contributed by atoms with Crippen LogP contribution in [-0.2, 0) is 70.9 Å². The number of hydrogen-bond donors (Lipinski definition) is 1. The molecule has 7 aliphatic heterocycles. The first-order valence-corrected chi connectivity index (χ1v) is 49.7. The van der Waals surface area contributed by atoms with Gasteiger partial charge >= 0.3 is 0 Å². The molecule has 20 aromatic rings. The first kappa shape index (κ1) is 99.5. The van der Waals surface area contributed by atoms with Crippen molar-refractivity contribution in [2.24, 2.45) is 4.99 Å². The van der Waals surface area contributed by atoms with Gasteiger partial charge in [-0.15, -0.1) is 88.6 Å². The molecule has 28 rings (SSSR count). The van der Waals surface area contributed by atoms with Gasteiger partial charge in [-0.2, -0.15) is 4.57 Å². The summed E-state index contributed by atoms with van der Waals surface area (Å²) < 4.78 is 18.9. The number of pyridine rings is 3. The summed E-state index contributed by atoms with van der Waals surface area (Å²) in [5.41, 5.74) is 30.6. The first-order chi connectivity index (χ1) is 70.9. The summed E-state index contributed by atoms with van der Waals surface area (Å²) in [4.78, 5) is 37.3. The van der Waals surface area contributed by atoms with E-state index in [0.717, 1.165) is 104 Å². The van der Waals surface area contributed by atoms with Gasteiger partial charge in [-0.25, -0.2) is 4.57 Å². The van der Waals surface area contributed by atoms with Crippen molar-refractivity contribution < 1.29 is 68.5 Å². The van der Waals surface area contributed by atoms with Crippen molar-refractivity contribution in [1.29, 1.82) is 0 Å². The van der Waals surface area contributed by atoms with Crippen molar-refractivity contribution in [3.63, 3.8) is 0 Å². The molecule has 147 heavy (non-hydrogen) atoms. The molecule has 1 aliphatic carbocycles. The van der Waals surface area contributed by atoms with E-state index < -0.39 is 0 Å². The van der Waals surface area contributed by atoms with Crippen LogP contribution in [0, 0.1) is 18.2 Å². The van der Waals surface area contributed by atoms with Gasteiger partial charge in [0.05, 0.1) is 46.1 Å². The Kier molecular flexibility index (Phi) is 29.9. The van der Waals surface area contributed by atoms with Crippen molar-refractivity contribution in [3.8, 4) is 67.6 Å². The Morgan fingerprint density at radius 2 is 1.17 bits per heavy atom. The van der Waals surface area contributed by atoms with Gasteiger partial charge in [-0.3, -0.25) is 19.8 Å². The van der Waals surface area contributed by atoms with Gasteiger partial charge in [0.1, 0.15) is 54.8 Å². The van der Waals surface area contributed by atoms with Crippen LogP contribution in [-0.4, -0.2) is 75.2 Å². The molecule has 6 aromatic heterocycles. The van der Waals surface area contributed by atoms with Crippen LogP contribution in [0.2, 0.25) is 0 Å². The van der Waals surface area contributed by atoms with Gasteiger partial charge < -0.3 is 33.9 Å². The van der Waals surface area contributed by atoms with Crippen LogP contribution in [0.1, 0.15) is 130 Å². The Morgan fingerprint density at radius 1 is 0.531 bits per heavy atom. The third-order valence-corrected chi connectivity index (χ3v) is 27.5. The second-order valence-electron chi connectivity index (χ2n) is 38.1. The molecule has 13 heterocycles. The van der Waals surface area contributed by atoms with Crippen LogP contribution in [0.3, 0.4) is 0 Å². The fraction of sp³-hybridized carbons (Fsp3) is 0.147. The van der Waals surface area contributed by atoms with Crippen molar-refractivity contribution in [3.05, 3.63) is 494 Å². The zero-order valence-electron chi connectivity index (χ0n) is 83.4. The number of aliphatic hydroxyl groups excluding tert-OH is 1. The first-order valence-electron chi connectivity index (χ1n) is 49.7. The number of imidazole rings is 1. The molecule has 0 saturated heterocycles. The maximum atomic E-state index is 10.0. The largest absolute Gasteiger partial charge is 0.527 e. The molecule has 8 aliphatic rings. The molecule has 0 bridgehead atoms. The third kappa shape index (κ3) is 20.5. The summed E-state index contributed by atoms with van der Waals surface area (Å²) in [6, 6.07) is 125. The van der Waals surface area contributed by atoms with Crippen LogP contribution < -0.4 is 18.9 Å². The number of ketones is 1. The number of carbonyl (C=O) groups excluding carboxylic acids is 1. The average Bonchev–Trinajstić information content (AvgIpc) is 1.54. The number of hydrogen-bond acceptors (Lipinski definition) is 12. The molecule has 1 N–H and O–H groups in total. The number of likely N-dealkylation sites (N-methyl/N-ethyl adjacent to an activating group) is 1. The van der Waals surface area contributed by atoms with E-state index >= 15 is 0 Å². The van der Waals surface area contributed by atoms with E-state index in [9.17, 15) is 4.79 Å². The molecule has 0 amide bonds. The number of fused-ring (bicyclic) bond motifs is 20. The van der Waals surface area contributed by atoms with Crippen LogP contribution in [0.15, 0.2) is 435 Å². The second kappa shape index (κ2) is 44.2. The van der Waals surface area contributed by atoms with E-state index in [-0.39, 0.29) is 51.8 Å². The molecule has 0 saturated carbocycles. The molecule has 3 atom stereocenters. The number of benzene rings is 14. The number of amidine groups is 1. The van der Waals surface area contributed by atoms with Gasteiger partial charge in [0.15, 0.2) is 11.4 Å².